The molecule has 0 aromatic carbocycles. The number of amides is 1. The molecule has 0 radical (unpaired) electrons. The third-order valence-electron chi connectivity index (χ3n) is 5.58. The van der Waals surface area contributed by atoms with Gasteiger partial charge < -0.3 is 10.4 Å². The SMILES string of the molecule is Cc1nn(C)c(C)c1CN1CCC[C@H](CNC(=O)c2c(C(=O)O)cnn2C)C1. The van der Waals surface area contributed by atoms with Crippen molar-refractivity contribution in [2.24, 2.45) is 20.0 Å². The van der Waals surface area contributed by atoms with Crippen molar-refractivity contribution in [3.8, 4) is 0 Å². The Hall–Kier alpha value is -2.68. The monoisotopic (exact) mass is 388 g/mol. The molecule has 0 saturated carbocycles. The first-order chi connectivity index (χ1) is 13.3. The Bertz CT molecular complexity index is 885. The van der Waals surface area contributed by atoms with Crippen LogP contribution in [0, 0.1) is 19.8 Å². The molecule has 1 saturated heterocycles. The van der Waals surface area contributed by atoms with Crippen LogP contribution in [0.15, 0.2) is 6.20 Å². The number of carbonyl (C=O) groups excluding carboxylic acids is 1. The first-order valence-corrected chi connectivity index (χ1v) is 9.52. The maximum atomic E-state index is 12.5. The molecule has 2 aromatic heterocycles. The summed E-state index contributed by atoms with van der Waals surface area (Å²) < 4.78 is 3.22. The molecule has 0 spiro atoms. The van der Waals surface area contributed by atoms with Crippen molar-refractivity contribution >= 4 is 11.9 Å². The van der Waals surface area contributed by atoms with E-state index in [0.717, 1.165) is 38.2 Å². The summed E-state index contributed by atoms with van der Waals surface area (Å²) in [5, 5.41) is 20.5. The largest absolute Gasteiger partial charge is 0.478 e. The molecule has 3 rings (SSSR count). The van der Waals surface area contributed by atoms with Crippen LogP contribution in [0.3, 0.4) is 0 Å². The number of piperidine rings is 1. The zero-order chi connectivity index (χ0) is 20.4. The van der Waals surface area contributed by atoms with Crippen LogP contribution in [-0.2, 0) is 20.6 Å². The number of nitrogens with zero attached hydrogens (tertiary/aromatic N) is 5. The van der Waals surface area contributed by atoms with Crippen molar-refractivity contribution in [1.82, 2.24) is 29.8 Å². The first-order valence-electron chi connectivity index (χ1n) is 9.52. The number of hydrogen-bond donors (Lipinski definition) is 2. The Morgan fingerprint density at radius 2 is 2.04 bits per heavy atom. The predicted octanol–water partition coefficient (Wildman–Crippen LogP) is 1.11. The van der Waals surface area contributed by atoms with E-state index in [1.807, 2.05) is 18.7 Å². The highest BCUT2D eigenvalue weighted by molar-refractivity contribution is 6.03. The molecule has 9 heteroatoms. The van der Waals surface area contributed by atoms with E-state index in [1.54, 1.807) is 7.05 Å². The van der Waals surface area contributed by atoms with Gasteiger partial charge in [0.2, 0.25) is 0 Å². The summed E-state index contributed by atoms with van der Waals surface area (Å²) in [5.41, 5.74) is 3.53. The number of aryl methyl sites for hydroxylation is 3. The van der Waals surface area contributed by atoms with Crippen LogP contribution in [-0.4, -0.2) is 61.1 Å². The van der Waals surface area contributed by atoms with E-state index in [1.165, 1.54) is 22.1 Å². The molecule has 28 heavy (non-hydrogen) atoms. The summed E-state index contributed by atoms with van der Waals surface area (Å²) in [6, 6.07) is 0. The molecule has 9 nitrogen and oxygen atoms in total. The molecular formula is C19H28N6O3. The lowest BCUT2D eigenvalue weighted by atomic mass is 9.97. The average molecular weight is 388 g/mol. The molecule has 0 unspecified atom stereocenters. The van der Waals surface area contributed by atoms with Gasteiger partial charge in [0.1, 0.15) is 11.3 Å². The highest BCUT2D eigenvalue weighted by Crippen LogP contribution is 2.21. The lowest BCUT2D eigenvalue weighted by Crippen LogP contribution is -2.41. The number of likely N-dealkylation sites (tertiary alicyclic amines) is 1. The maximum absolute atomic E-state index is 12.5. The average Bonchev–Trinajstić information content (AvgIpc) is 3.15. The highest BCUT2D eigenvalue weighted by Gasteiger charge is 2.25. The van der Waals surface area contributed by atoms with Crippen molar-refractivity contribution in [1.29, 1.82) is 0 Å². The normalized spacial score (nSPS) is 17.6. The fourth-order valence-electron chi connectivity index (χ4n) is 3.92. The lowest BCUT2D eigenvalue weighted by molar-refractivity contribution is 0.0690. The van der Waals surface area contributed by atoms with Gasteiger partial charge in [-0.25, -0.2) is 4.79 Å². The van der Waals surface area contributed by atoms with Crippen LogP contribution in [0.1, 0.15) is 50.6 Å². The molecule has 1 aliphatic heterocycles. The minimum absolute atomic E-state index is 0.0761. The van der Waals surface area contributed by atoms with Gasteiger partial charge in [0.25, 0.3) is 5.91 Å². The van der Waals surface area contributed by atoms with Crippen LogP contribution in [0.5, 0.6) is 0 Å². The van der Waals surface area contributed by atoms with E-state index in [2.05, 4.69) is 27.3 Å². The fourth-order valence-corrected chi connectivity index (χ4v) is 3.92. The Morgan fingerprint density at radius 3 is 2.68 bits per heavy atom. The van der Waals surface area contributed by atoms with Crippen molar-refractivity contribution in [2.45, 2.75) is 33.2 Å². The van der Waals surface area contributed by atoms with Crippen molar-refractivity contribution in [3.05, 3.63) is 34.4 Å². The van der Waals surface area contributed by atoms with Crippen LogP contribution in [0.2, 0.25) is 0 Å². The van der Waals surface area contributed by atoms with Crippen molar-refractivity contribution in [2.75, 3.05) is 19.6 Å². The fraction of sp³-hybridized carbons (Fsp3) is 0.579. The summed E-state index contributed by atoms with van der Waals surface area (Å²) >= 11 is 0. The molecule has 3 heterocycles. The number of carboxylic acids is 1. The van der Waals surface area contributed by atoms with Crippen LogP contribution in [0.25, 0.3) is 0 Å². The molecule has 1 aliphatic rings. The molecule has 2 aromatic rings. The number of carboxylic acid groups (broad SMARTS) is 1. The van der Waals surface area contributed by atoms with Crippen LogP contribution < -0.4 is 5.32 Å². The van der Waals surface area contributed by atoms with Gasteiger partial charge in [0, 0.05) is 45.0 Å². The standard InChI is InChI=1S/C19H28N6O3/c1-12-16(13(2)23(3)22-12)11-25-7-5-6-14(10-25)8-20-18(26)17-15(19(27)28)9-21-24(17)4/h9,14H,5-8,10-11H2,1-4H3,(H,20,26)(H,27,28)/t14-/m1/s1. The van der Waals surface area contributed by atoms with Gasteiger partial charge in [0.15, 0.2) is 0 Å². The second kappa shape index (κ2) is 8.14. The van der Waals surface area contributed by atoms with Gasteiger partial charge >= 0.3 is 5.97 Å². The summed E-state index contributed by atoms with van der Waals surface area (Å²) in [5.74, 6) is -1.21. The van der Waals surface area contributed by atoms with E-state index < -0.39 is 11.9 Å². The van der Waals surface area contributed by atoms with Crippen molar-refractivity contribution in [3.63, 3.8) is 0 Å². The zero-order valence-electron chi connectivity index (χ0n) is 16.9. The Kier molecular flexibility index (Phi) is 5.83. The quantitative estimate of drug-likeness (QED) is 0.768. The number of aromatic carboxylic acids is 1. The minimum atomic E-state index is -1.15. The van der Waals surface area contributed by atoms with Gasteiger partial charge in [-0.05, 0) is 39.2 Å². The van der Waals surface area contributed by atoms with Gasteiger partial charge in [-0.1, -0.05) is 0 Å². The number of hydrogen-bond acceptors (Lipinski definition) is 5. The summed E-state index contributed by atoms with van der Waals surface area (Å²) in [7, 11) is 3.53. The molecule has 1 atom stereocenters. The molecule has 2 N–H and O–H groups in total. The molecule has 0 aliphatic carbocycles. The molecule has 1 amide bonds. The first kappa shape index (κ1) is 20.1. The van der Waals surface area contributed by atoms with E-state index in [0.29, 0.717) is 12.5 Å². The molecule has 0 bridgehead atoms. The zero-order valence-corrected chi connectivity index (χ0v) is 16.9. The molecule has 1 fully saturated rings. The third-order valence-corrected chi connectivity index (χ3v) is 5.58. The van der Waals surface area contributed by atoms with Gasteiger partial charge in [-0.15, -0.1) is 0 Å². The molecular weight excluding hydrogens is 360 g/mol. The maximum Gasteiger partial charge on any atom is 0.339 e. The summed E-state index contributed by atoms with van der Waals surface area (Å²) in [6.45, 7) is 7.43. The van der Waals surface area contributed by atoms with E-state index in [-0.39, 0.29) is 11.3 Å². The van der Waals surface area contributed by atoms with Gasteiger partial charge in [-0.3, -0.25) is 19.1 Å². The third kappa shape index (κ3) is 4.09. The van der Waals surface area contributed by atoms with Crippen LogP contribution in [0.4, 0.5) is 0 Å². The molecule has 152 valence electrons. The van der Waals surface area contributed by atoms with E-state index >= 15 is 0 Å². The van der Waals surface area contributed by atoms with E-state index in [4.69, 9.17) is 0 Å². The van der Waals surface area contributed by atoms with E-state index in [9.17, 15) is 14.7 Å². The van der Waals surface area contributed by atoms with Crippen LogP contribution >= 0.6 is 0 Å². The Balaban J connectivity index is 1.59. The van der Waals surface area contributed by atoms with Gasteiger partial charge in [0.05, 0.1) is 11.9 Å². The highest BCUT2D eigenvalue weighted by atomic mass is 16.4. The number of carbonyl (C=O) groups is 2. The number of nitrogens with one attached hydrogen (secondary N) is 1. The Labute approximate surface area is 164 Å². The number of aromatic nitrogens is 4. The van der Waals surface area contributed by atoms with Crippen molar-refractivity contribution < 1.29 is 14.7 Å². The number of rotatable bonds is 6. The second-order valence-electron chi connectivity index (χ2n) is 7.56. The van der Waals surface area contributed by atoms with Gasteiger partial charge in [-0.2, -0.15) is 10.2 Å². The lowest BCUT2D eigenvalue weighted by Gasteiger charge is -2.33. The smallest absolute Gasteiger partial charge is 0.339 e. The summed E-state index contributed by atoms with van der Waals surface area (Å²) in [4.78, 5) is 26.2. The minimum Gasteiger partial charge on any atom is -0.478 e. The topological polar surface area (TPSA) is 105 Å². The summed E-state index contributed by atoms with van der Waals surface area (Å²) in [6.07, 6.45) is 3.32. The predicted molar refractivity (Wildman–Crippen MR) is 103 cm³/mol. The second-order valence-corrected chi connectivity index (χ2v) is 7.56. The Morgan fingerprint density at radius 1 is 1.29 bits per heavy atom.